The summed E-state index contributed by atoms with van der Waals surface area (Å²) in [5.41, 5.74) is 2.43. The van der Waals surface area contributed by atoms with Crippen molar-refractivity contribution in [2.75, 3.05) is 21.3 Å². The van der Waals surface area contributed by atoms with Crippen LogP contribution in [0.4, 0.5) is 31.9 Å². The molecule has 8 heteroatoms. The molecule has 4 rings (SSSR count). The molecule has 0 spiro atoms. The smallest absolute Gasteiger partial charge is 0.323 e. The minimum atomic E-state index is -0.748. The van der Waals surface area contributed by atoms with Gasteiger partial charge in [0.25, 0.3) is 0 Å². The number of rotatable bonds is 4. The minimum absolute atomic E-state index is 0.0398. The van der Waals surface area contributed by atoms with Crippen LogP contribution in [0.3, 0.4) is 0 Å². The van der Waals surface area contributed by atoms with Gasteiger partial charge < -0.3 is 21.3 Å². The molecule has 3 aromatic rings. The highest BCUT2D eigenvalue weighted by Crippen LogP contribution is 2.33. The molecule has 4 amide bonds. The minimum Gasteiger partial charge on any atom is -0.326 e. The van der Waals surface area contributed by atoms with Gasteiger partial charge in [0.15, 0.2) is 0 Å². The fourth-order valence-corrected chi connectivity index (χ4v) is 3.39. The summed E-state index contributed by atoms with van der Waals surface area (Å²) in [6.45, 7) is 0. The number of fused-ring (bicyclic) bond motifs is 1. The molecule has 31 heavy (non-hydrogen) atoms. The molecule has 4 N–H and O–H groups in total. The Morgan fingerprint density at radius 3 is 2.29 bits per heavy atom. The van der Waals surface area contributed by atoms with E-state index >= 15 is 0 Å². The molecule has 1 atom stereocenters. The van der Waals surface area contributed by atoms with E-state index in [-0.39, 0.29) is 12.3 Å². The van der Waals surface area contributed by atoms with E-state index in [2.05, 4.69) is 21.3 Å². The van der Waals surface area contributed by atoms with E-state index in [0.717, 1.165) is 0 Å². The first-order valence-electron chi connectivity index (χ1n) is 9.61. The van der Waals surface area contributed by atoms with Crippen molar-refractivity contribution in [2.45, 2.75) is 12.3 Å². The first-order chi connectivity index (χ1) is 15.0. The zero-order valence-electron chi connectivity index (χ0n) is 16.3. The summed E-state index contributed by atoms with van der Waals surface area (Å²) < 4.78 is 13.5. The van der Waals surface area contributed by atoms with E-state index in [1.165, 1.54) is 18.2 Å². The molecule has 1 aliphatic rings. The van der Waals surface area contributed by atoms with Crippen LogP contribution in [0.5, 0.6) is 0 Å². The summed E-state index contributed by atoms with van der Waals surface area (Å²) in [5.74, 6) is -1.99. The predicted octanol–water partition coefficient (Wildman–Crippen LogP) is 4.53. The van der Waals surface area contributed by atoms with Crippen molar-refractivity contribution in [3.05, 3.63) is 84.2 Å². The van der Waals surface area contributed by atoms with Gasteiger partial charge in [0.1, 0.15) is 5.82 Å². The van der Waals surface area contributed by atoms with Crippen LogP contribution in [0.15, 0.2) is 72.8 Å². The SMILES string of the molecule is O=C1CC(C(=O)Nc2cccc(NC(=O)Nc3ccccc3)c2)c2ccc(F)cc2N1. The maximum absolute atomic E-state index is 13.5. The van der Waals surface area contributed by atoms with Crippen LogP contribution in [-0.2, 0) is 9.59 Å². The molecule has 156 valence electrons. The maximum Gasteiger partial charge on any atom is 0.323 e. The third-order valence-electron chi connectivity index (χ3n) is 4.79. The normalized spacial score (nSPS) is 14.7. The van der Waals surface area contributed by atoms with E-state index in [4.69, 9.17) is 0 Å². The molecule has 0 saturated heterocycles. The Balaban J connectivity index is 1.45. The van der Waals surface area contributed by atoms with Gasteiger partial charge in [-0.2, -0.15) is 0 Å². The van der Waals surface area contributed by atoms with Crippen LogP contribution in [0.25, 0.3) is 0 Å². The summed E-state index contributed by atoms with van der Waals surface area (Å²) in [4.78, 5) is 37.0. The van der Waals surface area contributed by atoms with E-state index in [1.807, 2.05) is 18.2 Å². The molecule has 0 radical (unpaired) electrons. The summed E-state index contributed by atoms with van der Waals surface area (Å²) in [6, 6.07) is 19.2. The van der Waals surface area contributed by atoms with Gasteiger partial charge >= 0.3 is 6.03 Å². The first kappa shape index (κ1) is 20.1. The van der Waals surface area contributed by atoms with Gasteiger partial charge in [-0.15, -0.1) is 0 Å². The number of benzene rings is 3. The summed E-state index contributed by atoms with van der Waals surface area (Å²) in [5, 5.41) is 10.8. The quantitative estimate of drug-likeness (QED) is 0.501. The van der Waals surface area contributed by atoms with E-state index in [9.17, 15) is 18.8 Å². The van der Waals surface area contributed by atoms with Crippen molar-refractivity contribution < 1.29 is 18.8 Å². The maximum atomic E-state index is 13.5. The van der Waals surface area contributed by atoms with Gasteiger partial charge in [-0.3, -0.25) is 9.59 Å². The van der Waals surface area contributed by atoms with Crippen molar-refractivity contribution in [2.24, 2.45) is 0 Å². The number of hydrogen-bond donors (Lipinski definition) is 4. The molecule has 0 saturated carbocycles. The fraction of sp³-hybridized carbons (Fsp3) is 0.0870. The first-order valence-corrected chi connectivity index (χ1v) is 9.61. The van der Waals surface area contributed by atoms with Crippen molar-refractivity contribution in [3.63, 3.8) is 0 Å². The van der Waals surface area contributed by atoms with Crippen molar-refractivity contribution in [3.8, 4) is 0 Å². The van der Waals surface area contributed by atoms with Crippen molar-refractivity contribution in [1.82, 2.24) is 0 Å². The van der Waals surface area contributed by atoms with Gasteiger partial charge in [0.05, 0.1) is 5.92 Å². The zero-order chi connectivity index (χ0) is 21.8. The fourth-order valence-electron chi connectivity index (χ4n) is 3.39. The summed E-state index contributed by atoms with van der Waals surface area (Å²) in [6.07, 6.45) is -0.0398. The molecule has 1 unspecified atom stereocenters. The van der Waals surface area contributed by atoms with Gasteiger partial charge in [0, 0.05) is 29.2 Å². The predicted molar refractivity (Wildman–Crippen MR) is 117 cm³/mol. The Kier molecular flexibility index (Phi) is 5.61. The van der Waals surface area contributed by atoms with Crippen molar-refractivity contribution in [1.29, 1.82) is 0 Å². The largest absolute Gasteiger partial charge is 0.326 e. The highest BCUT2D eigenvalue weighted by atomic mass is 19.1. The van der Waals surface area contributed by atoms with E-state index in [1.54, 1.807) is 36.4 Å². The van der Waals surface area contributed by atoms with Crippen LogP contribution >= 0.6 is 0 Å². The monoisotopic (exact) mass is 418 g/mol. The number of urea groups is 1. The Labute approximate surface area is 177 Å². The second kappa shape index (κ2) is 8.66. The second-order valence-electron chi connectivity index (χ2n) is 7.05. The third kappa shape index (κ3) is 4.87. The highest BCUT2D eigenvalue weighted by Gasteiger charge is 2.31. The molecule has 1 heterocycles. The lowest BCUT2D eigenvalue weighted by atomic mass is 9.89. The molecular weight excluding hydrogens is 399 g/mol. The summed E-state index contributed by atoms with van der Waals surface area (Å²) >= 11 is 0. The van der Waals surface area contributed by atoms with Gasteiger partial charge in [-0.25, -0.2) is 9.18 Å². The van der Waals surface area contributed by atoms with E-state index < -0.39 is 23.7 Å². The molecule has 0 aliphatic carbocycles. The molecule has 0 fully saturated rings. The Morgan fingerprint density at radius 1 is 0.839 bits per heavy atom. The topological polar surface area (TPSA) is 99.3 Å². The second-order valence-corrected chi connectivity index (χ2v) is 7.05. The lowest BCUT2D eigenvalue weighted by Gasteiger charge is -2.25. The number of hydrogen-bond acceptors (Lipinski definition) is 3. The van der Waals surface area contributed by atoms with Gasteiger partial charge in [-0.05, 0) is 48.0 Å². The number of nitrogens with one attached hydrogen (secondary N) is 4. The number of carbonyl (C=O) groups excluding carboxylic acids is 3. The van der Waals surface area contributed by atoms with Gasteiger partial charge in [-0.1, -0.05) is 30.3 Å². The van der Waals surface area contributed by atoms with Crippen LogP contribution in [0.1, 0.15) is 17.9 Å². The average molecular weight is 418 g/mol. The van der Waals surface area contributed by atoms with Gasteiger partial charge in [0.2, 0.25) is 11.8 Å². The van der Waals surface area contributed by atoms with Crippen LogP contribution in [0, 0.1) is 5.82 Å². The molecule has 7 nitrogen and oxygen atoms in total. The molecule has 1 aliphatic heterocycles. The third-order valence-corrected chi connectivity index (χ3v) is 4.79. The number of halogens is 1. The summed E-state index contributed by atoms with van der Waals surface area (Å²) in [7, 11) is 0. The zero-order valence-corrected chi connectivity index (χ0v) is 16.3. The van der Waals surface area contributed by atoms with E-state index in [0.29, 0.717) is 28.3 Å². The number of amides is 4. The average Bonchev–Trinajstić information content (AvgIpc) is 2.73. The molecule has 3 aromatic carbocycles. The Hall–Kier alpha value is -4.20. The lowest BCUT2D eigenvalue weighted by Crippen LogP contribution is -2.30. The van der Waals surface area contributed by atoms with Crippen LogP contribution < -0.4 is 21.3 Å². The Bertz CT molecular complexity index is 1150. The number of para-hydroxylation sites is 1. The molecule has 0 aromatic heterocycles. The Morgan fingerprint density at radius 2 is 1.52 bits per heavy atom. The van der Waals surface area contributed by atoms with Crippen molar-refractivity contribution >= 4 is 40.6 Å². The lowest BCUT2D eigenvalue weighted by molar-refractivity contribution is -0.123. The molecule has 0 bridgehead atoms. The molecular formula is C23H19FN4O3. The highest BCUT2D eigenvalue weighted by molar-refractivity contribution is 6.05. The van der Waals surface area contributed by atoms with Crippen LogP contribution in [-0.4, -0.2) is 17.8 Å². The standard InChI is InChI=1S/C23H19FN4O3/c24-14-9-10-18-19(13-21(29)28-20(18)11-14)22(30)25-16-7-4-8-17(12-16)27-23(31)26-15-5-2-1-3-6-15/h1-12,19H,13H2,(H,25,30)(H,28,29)(H2,26,27,31). The number of anilines is 4. The number of carbonyl (C=O) groups is 3. The van der Waals surface area contributed by atoms with Crippen LogP contribution in [0.2, 0.25) is 0 Å².